The monoisotopic (exact) mass is 345 g/mol. The van der Waals surface area contributed by atoms with Gasteiger partial charge in [0.05, 0.1) is 11.0 Å². The van der Waals surface area contributed by atoms with Crippen LogP contribution in [0.25, 0.3) is 11.0 Å². The summed E-state index contributed by atoms with van der Waals surface area (Å²) in [7, 11) is 0. The zero-order chi connectivity index (χ0) is 17.7. The lowest BCUT2D eigenvalue weighted by Gasteiger charge is -2.30. The van der Waals surface area contributed by atoms with Crippen LogP contribution < -0.4 is 4.90 Å². The smallest absolute Gasteiger partial charge is 0.230 e. The van der Waals surface area contributed by atoms with Crippen molar-refractivity contribution in [1.82, 2.24) is 9.97 Å². The molecule has 1 atom stereocenters. The number of amides is 1. The van der Waals surface area contributed by atoms with Crippen LogP contribution in [-0.4, -0.2) is 22.4 Å². The van der Waals surface area contributed by atoms with Crippen molar-refractivity contribution in [2.45, 2.75) is 38.5 Å². The zero-order valence-electron chi connectivity index (χ0n) is 15.0. The van der Waals surface area contributed by atoms with Gasteiger partial charge in [-0.25, -0.2) is 4.98 Å². The van der Waals surface area contributed by atoms with Crippen LogP contribution in [0.3, 0.4) is 0 Å². The Morgan fingerprint density at radius 1 is 1.23 bits per heavy atom. The Hall–Kier alpha value is -2.62. The molecule has 132 valence electrons. The molecular formula is C22H23N3O. The molecule has 0 saturated heterocycles. The van der Waals surface area contributed by atoms with Crippen molar-refractivity contribution in [2.24, 2.45) is 5.92 Å². The number of rotatable bonds is 3. The lowest BCUT2D eigenvalue weighted by molar-refractivity contribution is -0.119. The number of fused-ring (bicyclic) bond motifs is 2. The highest BCUT2D eigenvalue weighted by Gasteiger charge is 2.35. The minimum atomic E-state index is 0.196. The lowest BCUT2D eigenvalue weighted by atomic mass is 9.93. The van der Waals surface area contributed by atoms with E-state index in [0.29, 0.717) is 5.91 Å². The number of aryl methyl sites for hydroxylation is 1. The number of anilines is 1. The molecule has 1 aliphatic carbocycles. The Morgan fingerprint density at radius 3 is 2.88 bits per heavy atom. The first-order chi connectivity index (χ1) is 12.7. The van der Waals surface area contributed by atoms with E-state index in [1.165, 1.54) is 11.1 Å². The number of hydrogen-bond acceptors (Lipinski definition) is 2. The van der Waals surface area contributed by atoms with Crippen LogP contribution in [0.5, 0.6) is 0 Å². The van der Waals surface area contributed by atoms with Gasteiger partial charge in [-0.05, 0) is 55.0 Å². The number of benzene rings is 2. The van der Waals surface area contributed by atoms with E-state index in [2.05, 4.69) is 36.2 Å². The van der Waals surface area contributed by atoms with Gasteiger partial charge in [0.25, 0.3) is 0 Å². The van der Waals surface area contributed by atoms with Crippen molar-refractivity contribution in [2.75, 3.05) is 11.4 Å². The van der Waals surface area contributed by atoms with Gasteiger partial charge < -0.3 is 9.88 Å². The number of para-hydroxylation sites is 2. The third-order valence-electron chi connectivity index (χ3n) is 5.73. The maximum absolute atomic E-state index is 12.6. The topological polar surface area (TPSA) is 49.0 Å². The van der Waals surface area contributed by atoms with Crippen molar-refractivity contribution in [3.05, 3.63) is 59.4 Å². The van der Waals surface area contributed by atoms with E-state index in [1.54, 1.807) is 0 Å². The highest BCUT2D eigenvalue weighted by atomic mass is 16.2. The molecule has 0 spiro atoms. The standard InChI is InChI=1S/C22H23N3O/c1-14(21-23-18-6-2-3-7-19(18)24-21)16-10-11-20-17(13-16)5-4-12-25(20)22(26)15-8-9-15/h2-3,6-7,10-11,13-15H,4-5,8-9,12H2,1H3,(H,23,24). The van der Waals surface area contributed by atoms with Crippen molar-refractivity contribution in [3.63, 3.8) is 0 Å². The van der Waals surface area contributed by atoms with E-state index >= 15 is 0 Å². The van der Waals surface area contributed by atoms with Crippen molar-refractivity contribution >= 4 is 22.6 Å². The molecule has 2 aliphatic rings. The quantitative estimate of drug-likeness (QED) is 0.765. The molecule has 1 aliphatic heterocycles. The number of carbonyl (C=O) groups excluding carboxylic acids is 1. The van der Waals surface area contributed by atoms with Gasteiger partial charge in [0.15, 0.2) is 0 Å². The summed E-state index contributed by atoms with van der Waals surface area (Å²) in [6.45, 7) is 3.05. The summed E-state index contributed by atoms with van der Waals surface area (Å²) in [6.07, 6.45) is 4.22. The molecule has 1 N–H and O–H groups in total. The maximum atomic E-state index is 12.6. The van der Waals surface area contributed by atoms with Crippen molar-refractivity contribution in [1.29, 1.82) is 0 Å². The first-order valence-corrected chi connectivity index (χ1v) is 9.59. The number of carbonyl (C=O) groups is 1. The fraction of sp³-hybridized carbons (Fsp3) is 0.364. The summed E-state index contributed by atoms with van der Waals surface area (Å²) in [6, 6.07) is 14.7. The first kappa shape index (κ1) is 15.6. The molecule has 3 aromatic rings. The molecule has 0 bridgehead atoms. The second kappa shape index (κ2) is 5.97. The third kappa shape index (κ3) is 2.61. The lowest BCUT2D eigenvalue weighted by Crippen LogP contribution is -2.36. The molecule has 4 nitrogen and oxygen atoms in total. The van der Waals surface area contributed by atoms with E-state index in [4.69, 9.17) is 4.98 Å². The Morgan fingerprint density at radius 2 is 2.08 bits per heavy atom. The van der Waals surface area contributed by atoms with Crippen LogP contribution in [0.4, 0.5) is 5.69 Å². The molecule has 1 saturated carbocycles. The van der Waals surface area contributed by atoms with Gasteiger partial charge in [-0.3, -0.25) is 4.79 Å². The highest BCUT2D eigenvalue weighted by molar-refractivity contribution is 5.97. The van der Waals surface area contributed by atoms with E-state index in [0.717, 1.165) is 54.8 Å². The van der Waals surface area contributed by atoms with E-state index < -0.39 is 0 Å². The van der Waals surface area contributed by atoms with Gasteiger partial charge in [0, 0.05) is 24.1 Å². The third-order valence-corrected chi connectivity index (χ3v) is 5.73. The van der Waals surface area contributed by atoms with E-state index in [9.17, 15) is 4.79 Å². The van der Waals surface area contributed by atoms with Gasteiger partial charge >= 0.3 is 0 Å². The van der Waals surface area contributed by atoms with E-state index in [1.807, 2.05) is 23.1 Å². The minimum Gasteiger partial charge on any atom is -0.341 e. The minimum absolute atomic E-state index is 0.196. The summed E-state index contributed by atoms with van der Waals surface area (Å²) >= 11 is 0. The molecule has 1 amide bonds. The van der Waals surface area contributed by atoms with Gasteiger partial charge in [-0.1, -0.05) is 31.2 Å². The Bertz CT molecular complexity index is 953. The molecule has 5 rings (SSSR count). The van der Waals surface area contributed by atoms with Gasteiger partial charge in [0.1, 0.15) is 5.82 Å². The molecule has 2 heterocycles. The Labute approximate surface area is 153 Å². The van der Waals surface area contributed by atoms with Crippen LogP contribution in [-0.2, 0) is 11.2 Å². The van der Waals surface area contributed by atoms with Crippen LogP contribution in [0, 0.1) is 5.92 Å². The van der Waals surface area contributed by atoms with Gasteiger partial charge in [-0.15, -0.1) is 0 Å². The summed E-state index contributed by atoms with van der Waals surface area (Å²) in [5.74, 6) is 1.79. The average Bonchev–Trinajstić information content (AvgIpc) is 3.44. The normalized spacial score (nSPS) is 18.0. The number of hydrogen-bond donors (Lipinski definition) is 1. The molecule has 1 unspecified atom stereocenters. The first-order valence-electron chi connectivity index (χ1n) is 9.59. The molecular weight excluding hydrogens is 322 g/mol. The predicted molar refractivity (Wildman–Crippen MR) is 103 cm³/mol. The van der Waals surface area contributed by atoms with E-state index in [-0.39, 0.29) is 11.8 Å². The molecule has 4 heteroatoms. The summed E-state index contributed by atoms with van der Waals surface area (Å²) in [5.41, 5.74) is 5.75. The Kier molecular flexibility index (Phi) is 3.59. The fourth-order valence-corrected chi connectivity index (χ4v) is 4.00. The number of aromatic nitrogens is 2. The summed E-state index contributed by atoms with van der Waals surface area (Å²) in [4.78, 5) is 22.8. The van der Waals surface area contributed by atoms with Crippen LogP contribution in [0.1, 0.15) is 49.1 Å². The van der Waals surface area contributed by atoms with Gasteiger partial charge in [0.2, 0.25) is 5.91 Å². The fourth-order valence-electron chi connectivity index (χ4n) is 4.00. The van der Waals surface area contributed by atoms with Crippen molar-refractivity contribution < 1.29 is 4.79 Å². The highest BCUT2D eigenvalue weighted by Crippen LogP contribution is 2.37. The largest absolute Gasteiger partial charge is 0.341 e. The van der Waals surface area contributed by atoms with Crippen molar-refractivity contribution in [3.8, 4) is 0 Å². The number of H-pyrrole nitrogens is 1. The second-order valence-electron chi connectivity index (χ2n) is 7.62. The summed E-state index contributed by atoms with van der Waals surface area (Å²) in [5, 5.41) is 0. The van der Waals surface area contributed by atoms with Gasteiger partial charge in [-0.2, -0.15) is 0 Å². The SMILES string of the molecule is CC(c1ccc2c(c1)CCCN2C(=O)C1CC1)c1nc2ccccc2[nH]1. The van der Waals surface area contributed by atoms with Crippen LogP contribution >= 0.6 is 0 Å². The number of imidazole rings is 1. The van der Waals surface area contributed by atoms with Crippen LogP contribution in [0.2, 0.25) is 0 Å². The Balaban J connectivity index is 1.47. The molecule has 0 radical (unpaired) electrons. The molecule has 26 heavy (non-hydrogen) atoms. The second-order valence-corrected chi connectivity index (χ2v) is 7.62. The summed E-state index contributed by atoms with van der Waals surface area (Å²) < 4.78 is 0. The predicted octanol–water partition coefficient (Wildman–Crippen LogP) is 4.40. The molecule has 2 aromatic carbocycles. The number of nitrogens with one attached hydrogen (secondary N) is 1. The maximum Gasteiger partial charge on any atom is 0.230 e. The molecule has 1 aromatic heterocycles. The van der Waals surface area contributed by atoms with Crippen LogP contribution in [0.15, 0.2) is 42.5 Å². The number of aromatic amines is 1. The number of nitrogens with zero attached hydrogens (tertiary/aromatic N) is 2. The average molecular weight is 345 g/mol. The molecule has 1 fully saturated rings. The zero-order valence-corrected chi connectivity index (χ0v) is 15.0.